The van der Waals surface area contributed by atoms with Crippen molar-refractivity contribution in [2.45, 2.75) is 19.3 Å². The molecule has 3 heterocycles. The molecule has 0 bridgehead atoms. The third-order valence-electron chi connectivity index (χ3n) is 5.09. The fourth-order valence-corrected chi connectivity index (χ4v) is 4.61. The van der Waals surface area contributed by atoms with Crippen LogP contribution in [0.3, 0.4) is 0 Å². The second-order valence-electron chi connectivity index (χ2n) is 6.36. The van der Waals surface area contributed by atoms with Crippen molar-refractivity contribution < 1.29 is 14.7 Å². The van der Waals surface area contributed by atoms with Crippen molar-refractivity contribution in [3.8, 4) is 10.7 Å². The molecule has 124 valence electrons. The first-order valence-electron chi connectivity index (χ1n) is 7.85. The Hall–Kier alpha value is -2.35. The van der Waals surface area contributed by atoms with Gasteiger partial charge in [0.1, 0.15) is 16.4 Å². The Morgan fingerprint density at radius 2 is 2.25 bits per heavy atom. The summed E-state index contributed by atoms with van der Waals surface area (Å²) in [6.45, 7) is 0.785. The van der Waals surface area contributed by atoms with Gasteiger partial charge in [-0.2, -0.15) is 0 Å². The number of hydrogen-bond acceptors (Lipinski definition) is 6. The minimum absolute atomic E-state index is 0.0528. The van der Waals surface area contributed by atoms with Crippen molar-refractivity contribution >= 4 is 23.2 Å². The van der Waals surface area contributed by atoms with E-state index in [-0.39, 0.29) is 18.4 Å². The zero-order chi connectivity index (χ0) is 16.7. The minimum atomic E-state index is -0.779. The molecule has 2 aromatic heterocycles. The van der Waals surface area contributed by atoms with Crippen LogP contribution in [0, 0.1) is 11.3 Å². The highest BCUT2D eigenvalue weighted by molar-refractivity contribution is 7.13. The Kier molecular flexibility index (Phi) is 3.56. The van der Waals surface area contributed by atoms with Crippen LogP contribution in [0.1, 0.15) is 29.8 Å². The number of nitrogens with zero attached hydrogens (tertiary/aromatic N) is 4. The molecule has 7 nitrogen and oxygen atoms in total. The monoisotopic (exact) mass is 344 g/mol. The SMILES string of the molecule is O=C(c1csc(-c2cnccn2)n1)N1C[C@@H]2CCC[C@@]2(C(=O)O)C1. The Morgan fingerprint density at radius 1 is 1.38 bits per heavy atom. The Bertz CT molecular complexity index is 794. The predicted octanol–water partition coefficient (Wildman–Crippen LogP) is 1.93. The minimum Gasteiger partial charge on any atom is -0.481 e. The lowest BCUT2D eigenvalue weighted by molar-refractivity contribution is -0.149. The number of amides is 1. The van der Waals surface area contributed by atoms with Gasteiger partial charge in [0, 0.05) is 30.9 Å². The highest BCUT2D eigenvalue weighted by Crippen LogP contribution is 2.49. The molecule has 24 heavy (non-hydrogen) atoms. The molecule has 8 heteroatoms. The summed E-state index contributed by atoms with van der Waals surface area (Å²) in [7, 11) is 0. The van der Waals surface area contributed by atoms with Gasteiger partial charge in [0.15, 0.2) is 0 Å². The molecule has 0 spiro atoms. The van der Waals surface area contributed by atoms with Crippen molar-refractivity contribution in [3.63, 3.8) is 0 Å². The molecule has 4 rings (SSSR count). The Balaban J connectivity index is 1.55. The number of carboxylic acid groups (broad SMARTS) is 1. The van der Waals surface area contributed by atoms with Crippen LogP contribution in [0.25, 0.3) is 10.7 Å². The van der Waals surface area contributed by atoms with Crippen LogP contribution in [0.4, 0.5) is 0 Å². The standard InChI is InChI=1S/C16H16N4O3S/c21-14(12-8-24-13(19-12)11-6-17-4-5-18-11)20-7-10-2-1-3-16(10,9-20)15(22)23/h4-6,8,10H,1-3,7,9H2,(H,22,23)/t10-,16+/m0/s1. The van der Waals surface area contributed by atoms with Gasteiger partial charge in [-0.3, -0.25) is 19.6 Å². The van der Waals surface area contributed by atoms with Crippen molar-refractivity contribution in [1.82, 2.24) is 19.9 Å². The molecule has 2 aliphatic rings. The summed E-state index contributed by atoms with van der Waals surface area (Å²) in [4.78, 5) is 38.7. The summed E-state index contributed by atoms with van der Waals surface area (Å²) < 4.78 is 0. The summed E-state index contributed by atoms with van der Waals surface area (Å²) in [5.74, 6) is -0.924. The third kappa shape index (κ3) is 2.29. The van der Waals surface area contributed by atoms with Gasteiger partial charge in [-0.1, -0.05) is 6.42 Å². The lowest BCUT2D eigenvalue weighted by atomic mass is 9.81. The first-order valence-corrected chi connectivity index (χ1v) is 8.73. The number of carboxylic acids is 1. The molecule has 0 aromatic carbocycles. The number of likely N-dealkylation sites (tertiary alicyclic amines) is 1. The number of carbonyl (C=O) groups excluding carboxylic acids is 1. The van der Waals surface area contributed by atoms with E-state index in [1.54, 1.807) is 28.9 Å². The lowest BCUT2D eigenvalue weighted by Gasteiger charge is -2.23. The molecule has 1 amide bonds. The molecule has 1 saturated heterocycles. The van der Waals surface area contributed by atoms with Crippen LogP contribution in [0.2, 0.25) is 0 Å². The summed E-state index contributed by atoms with van der Waals surface area (Å²) in [5.41, 5.74) is 0.211. The fourth-order valence-electron chi connectivity index (χ4n) is 3.85. The first kappa shape index (κ1) is 15.2. The molecular formula is C16H16N4O3S. The van der Waals surface area contributed by atoms with Crippen LogP contribution in [-0.4, -0.2) is 49.9 Å². The molecule has 2 aromatic rings. The Labute approximate surface area is 142 Å². The van der Waals surface area contributed by atoms with Gasteiger partial charge in [-0.05, 0) is 18.8 Å². The van der Waals surface area contributed by atoms with Gasteiger partial charge in [-0.25, -0.2) is 4.98 Å². The van der Waals surface area contributed by atoms with E-state index in [0.29, 0.717) is 29.4 Å². The van der Waals surface area contributed by atoms with Gasteiger partial charge in [0.05, 0.1) is 11.6 Å². The number of carbonyl (C=O) groups is 2. The van der Waals surface area contributed by atoms with E-state index < -0.39 is 11.4 Å². The average Bonchev–Trinajstić information content (AvgIpc) is 3.29. The number of aromatic nitrogens is 3. The summed E-state index contributed by atoms with van der Waals surface area (Å²) in [5, 5.41) is 12.0. The largest absolute Gasteiger partial charge is 0.481 e. The second kappa shape index (κ2) is 5.62. The molecule has 1 aliphatic carbocycles. The van der Waals surface area contributed by atoms with Gasteiger partial charge in [0.25, 0.3) is 5.91 Å². The topological polar surface area (TPSA) is 96.3 Å². The van der Waals surface area contributed by atoms with Crippen LogP contribution in [0.5, 0.6) is 0 Å². The van der Waals surface area contributed by atoms with E-state index >= 15 is 0 Å². The highest BCUT2D eigenvalue weighted by Gasteiger charge is 2.55. The van der Waals surface area contributed by atoms with Crippen molar-refractivity contribution in [3.05, 3.63) is 29.7 Å². The maximum Gasteiger partial charge on any atom is 0.311 e. The average molecular weight is 344 g/mol. The summed E-state index contributed by atoms with van der Waals surface area (Å²) in [6.07, 6.45) is 7.21. The molecule has 1 aliphatic heterocycles. The van der Waals surface area contributed by atoms with E-state index in [9.17, 15) is 14.7 Å². The highest BCUT2D eigenvalue weighted by atomic mass is 32.1. The van der Waals surface area contributed by atoms with E-state index in [1.807, 2.05) is 0 Å². The van der Waals surface area contributed by atoms with Crippen LogP contribution in [-0.2, 0) is 4.79 Å². The van der Waals surface area contributed by atoms with Crippen LogP contribution in [0.15, 0.2) is 24.0 Å². The first-order chi connectivity index (χ1) is 11.6. The zero-order valence-corrected chi connectivity index (χ0v) is 13.7. The lowest BCUT2D eigenvalue weighted by Crippen LogP contribution is -2.37. The van der Waals surface area contributed by atoms with E-state index in [2.05, 4.69) is 15.0 Å². The third-order valence-corrected chi connectivity index (χ3v) is 5.95. The van der Waals surface area contributed by atoms with Gasteiger partial charge in [0.2, 0.25) is 0 Å². The zero-order valence-electron chi connectivity index (χ0n) is 12.9. The molecule has 0 radical (unpaired) electrons. The maximum atomic E-state index is 12.7. The molecule has 1 saturated carbocycles. The summed E-state index contributed by atoms with van der Waals surface area (Å²) >= 11 is 1.34. The molecule has 2 atom stereocenters. The van der Waals surface area contributed by atoms with Crippen molar-refractivity contribution in [2.75, 3.05) is 13.1 Å². The molecular weight excluding hydrogens is 328 g/mol. The number of thiazole rings is 1. The Morgan fingerprint density at radius 3 is 2.96 bits per heavy atom. The van der Waals surface area contributed by atoms with Gasteiger partial charge < -0.3 is 10.0 Å². The molecule has 0 unspecified atom stereocenters. The second-order valence-corrected chi connectivity index (χ2v) is 7.22. The smallest absolute Gasteiger partial charge is 0.311 e. The maximum absolute atomic E-state index is 12.7. The van der Waals surface area contributed by atoms with E-state index in [0.717, 1.165) is 12.8 Å². The normalized spacial score (nSPS) is 25.7. The van der Waals surface area contributed by atoms with Gasteiger partial charge >= 0.3 is 5.97 Å². The number of fused-ring (bicyclic) bond motifs is 1. The number of rotatable bonds is 3. The number of hydrogen-bond donors (Lipinski definition) is 1. The quantitative estimate of drug-likeness (QED) is 0.914. The van der Waals surface area contributed by atoms with Crippen molar-refractivity contribution in [1.29, 1.82) is 0 Å². The molecule has 1 N–H and O–H groups in total. The molecule has 2 fully saturated rings. The summed E-state index contributed by atoms with van der Waals surface area (Å²) in [6, 6.07) is 0. The number of aliphatic carboxylic acids is 1. The fraction of sp³-hybridized carbons (Fsp3) is 0.438. The van der Waals surface area contributed by atoms with Gasteiger partial charge in [-0.15, -0.1) is 11.3 Å². The van der Waals surface area contributed by atoms with Crippen LogP contribution >= 0.6 is 11.3 Å². The van der Waals surface area contributed by atoms with Crippen molar-refractivity contribution in [2.24, 2.45) is 11.3 Å². The van der Waals surface area contributed by atoms with E-state index in [1.165, 1.54) is 11.3 Å². The van der Waals surface area contributed by atoms with Crippen LogP contribution < -0.4 is 0 Å². The predicted molar refractivity (Wildman–Crippen MR) is 86.5 cm³/mol. The van der Waals surface area contributed by atoms with E-state index in [4.69, 9.17) is 0 Å².